The summed E-state index contributed by atoms with van der Waals surface area (Å²) in [5, 5.41) is 2.44. The van der Waals surface area contributed by atoms with E-state index in [1.165, 1.54) is 10.8 Å². The first kappa shape index (κ1) is 19.6. The van der Waals surface area contributed by atoms with E-state index < -0.39 is 0 Å². The molecule has 0 bridgehead atoms. The first-order valence-electron chi connectivity index (χ1n) is 10.1. The topological polar surface area (TPSA) is 32.8 Å². The number of fused-ring (bicyclic) bond motifs is 1. The summed E-state index contributed by atoms with van der Waals surface area (Å²) >= 11 is 1.62. The van der Waals surface area contributed by atoms with Crippen LogP contribution in [-0.4, -0.2) is 49.3 Å². The zero-order chi connectivity index (χ0) is 20.1. The average molecular weight is 407 g/mol. The van der Waals surface area contributed by atoms with Gasteiger partial charge >= 0.3 is 0 Å². The maximum absolute atomic E-state index is 12.7. The summed E-state index contributed by atoms with van der Waals surface area (Å²) in [5.41, 5.74) is 1.12. The van der Waals surface area contributed by atoms with Crippen molar-refractivity contribution in [3.05, 3.63) is 66.7 Å². The highest BCUT2D eigenvalue weighted by Gasteiger charge is 2.22. The minimum Gasteiger partial charge on any atom is -0.492 e. The second-order valence-electron chi connectivity index (χ2n) is 7.07. The Morgan fingerprint density at radius 3 is 2.45 bits per heavy atom. The third-order valence-corrected chi connectivity index (χ3v) is 6.20. The smallest absolute Gasteiger partial charge is 0.233 e. The number of para-hydroxylation sites is 2. The molecule has 1 fully saturated rings. The molecule has 0 N–H and O–H groups in total. The lowest BCUT2D eigenvalue weighted by Crippen LogP contribution is -2.49. The number of anilines is 1. The Morgan fingerprint density at radius 2 is 1.66 bits per heavy atom. The number of benzene rings is 3. The first-order valence-corrected chi connectivity index (χ1v) is 11.1. The molecule has 0 aliphatic carbocycles. The van der Waals surface area contributed by atoms with Crippen LogP contribution in [0.25, 0.3) is 10.8 Å². The molecule has 5 heteroatoms. The van der Waals surface area contributed by atoms with Crippen LogP contribution in [0.2, 0.25) is 0 Å². The van der Waals surface area contributed by atoms with Crippen LogP contribution in [0.5, 0.6) is 5.75 Å². The molecule has 29 heavy (non-hydrogen) atoms. The number of hydrogen-bond acceptors (Lipinski definition) is 4. The van der Waals surface area contributed by atoms with Crippen LogP contribution >= 0.6 is 11.8 Å². The van der Waals surface area contributed by atoms with Crippen LogP contribution in [0, 0.1) is 0 Å². The number of thioether (sulfide) groups is 1. The Hall–Kier alpha value is -2.66. The number of carbonyl (C=O) groups is 1. The molecule has 3 aromatic carbocycles. The van der Waals surface area contributed by atoms with Crippen LogP contribution < -0.4 is 9.64 Å². The van der Waals surface area contributed by atoms with E-state index in [1.54, 1.807) is 11.8 Å². The molecular weight excluding hydrogens is 380 g/mol. The zero-order valence-corrected chi connectivity index (χ0v) is 17.5. The van der Waals surface area contributed by atoms with Crippen molar-refractivity contribution in [1.82, 2.24) is 4.90 Å². The molecule has 0 radical (unpaired) electrons. The minimum absolute atomic E-state index is 0.209. The van der Waals surface area contributed by atoms with Gasteiger partial charge in [0.2, 0.25) is 5.91 Å². The Bertz CT molecular complexity index is 983. The highest BCUT2D eigenvalue weighted by atomic mass is 32.2. The van der Waals surface area contributed by atoms with Gasteiger partial charge in [-0.25, -0.2) is 0 Å². The van der Waals surface area contributed by atoms with Crippen LogP contribution in [0.15, 0.2) is 71.6 Å². The fourth-order valence-electron chi connectivity index (χ4n) is 3.69. The number of ether oxygens (including phenoxy) is 1. The minimum atomic E-state index is 0.209. The number of amides is 1. The maximum atomic E-state index is 12.7. The van der Waals surface area contributed by atoms with Crippen molar-refractivity contribution >= 4 is 34.1 Å². The molecule has 1 heterocycles. The lowest BCUT2D eigenvalue weighted by atomic mass is 10.1. The van der Waals surface area contributed by atoms with Crippen molar-refractivity contribution in [2.75, 3.05) is 43.4 Å². The highest BCUT2D eigenvalue weighted by molar-refractivity contribution is 8.00. The molecule has 1 aliphatic rings. The largest absolute Gasteiger partial charge is 0.492 e. The molecule has 4 rings (SSSR count). The molecule has 0 unspecified atom stereocenters. The van der Waals surface area contributed by atoms with E-state index in [9.17, 15) is 4.79 Å². The molecule has 0 atom stereocenters. The van der Waals surface area contributed by atoms with Crippen molar-refractivity contribution < 1.29 is 9.53 Å². The van der Waals surface area contributed by atoms with E-state index in [0.29, 0.717) is 12.4 Å². The third kappa shape index (κ3) is 4.67. The molecule has 0 saturated carbocycles. The molecule has 150 valence electrons. The van der Waals surface area contributed by atoms with Gasteiger partial charge in [-0.1, -0.05) is 42.5 Å². The summed E-state index contributed by atoms with van der Waals surface area (Å²) in [4.78, 5) is 18.1. The normalized spacial score (nSPS) is 14.2. The Kier molecular flexibility index (Phi) is 6.25. The standard InChI is InChI=1S/C24H26N2O2S/c1-2-28-23-10-6-5-9-22(23)25-13-15-26(16-14-25)24(27)18-29-21-12-11-19-7-3-4-8-20(19)17-21/h3-12,17H,2,13-16,18H2,1H3. The zero-order valence-electron chi connectivity index (χ0n) is 16.7. The van der Waals surface area contributed by atoms with E-state index in [0.717, 1.165) is 42.5 Å². The summed E-state index contributed by atoms with van der Waals surface area (Å²) in [7, 11) is 0. The van der Waals surface area contributed by atoms with E-state index in [4.69, 9.17) is 4.74 Å². The maximum Gasteiger partial charge on any atom is 0.233 e. The van der Waals surface area contributed by atoms with Gasteiger partial charge in [-0.15, -0.1) is 11.8 Å². The van der Waals surface area contributed by atoms with Crippen molar-refractivity contribution in [3.63, 3.8) is 0 Å². The van der Waals surface area contributed by atoms with Gasteiger partial charge in [-0.05, 0) is 42.0 Å². The van der Waals surface area contributed by atoms with Gasteiger partial charge < -0.3 is 14.5 Å². The van der Waals surface area contributed by atoms with E-state index >= 15 is 0 Å². The van der Waals surface area contributed by atoms with E-state index in [1.807, 2.05) is 42.2 Å². The van der Waals surface area contributed by atoms with Gasteiger partial charge in [-0.3, -0.25) is 4.79 Å². The molecule has 1 amide bonds. The van der Waals surface area contributed by atoms with Crippen LogP contribution in [0.3, 0.4) is 0 Å². The summed E-state index contributed by atoms with van der Waals surface area (Å²) in [6, 6.07) is 22.8. The molecule has 4 nitrogen and oxygen atoms in total. The fraction of sp³-hybridized carbons (Fsp3) is 0.292. The van der Waals surface area contributed by atoms with E-state index in [2.05, 4.69) is 41.3 Å². The molecule has 3 aromatic rings. The van der Waals surface area contributed by atoms with Crippen LogP contribution in [-0.2, 0) is 4.79 Å². The quantitative estimate of drug-likeness (QED) is 0.557. The van der Waals surface area contributed by atoms with Crippen molar-refractivity contribution in [2.24, 2.45) is 0 Å². The van der Waals surface area contributed by atoms with Gasteiger partial charge in [0, 0.05) is 31.1 Å². The van der Waals surface area contributed by atoms with E-state index in [-0.39, 0.29) is 5.91 Å². The highest BCUT2D eigenvalue weighted by Crippen LogP contribution is 2.29. The van der Waals surface area contributed by atoms with Crippen LogP contribution in [0.4, 0.5) is 5.69 Å². The second kappa shape index (κ2) is 9.23. The van der Waals surface area contributed by atoms with Gasteiger partial charge in [-0.2, -0.15) is 0 Å². The lowest BCUT2D eigenvalue weighted by molar-refractivity contribution is -0.128. The summed E-state index contributed by atoms with van der Waals surface area (Å²) in [6.07, 6.45) is 0. The SMILES string of the molecule is CCOc1ccccc1N1CCN(C(=O)CSc2ccc3ccccc3c2)CC1. The average Bonchev–Trinajstić information content (AvgIpc) is 2.78. The van der Waals surface area contributed by atoms with Gasteiger partial charge in [0.1, 0.15) is 5.75 Å². The molecule has 1 saturated heterocycles. The predicted molar refractivity (Wildman–Crippen MR) is 121 cm³/mol. The summed E-state index contributed by atoms with van der Waals surface area (Å²) in [5.74, 6) is 1.61. The fourth-order valence-corrected chi connectivity index (χ4v) is 4.53. The van der Waals surface area contributed by atoms with Gasteiger partial charge in [0.15, 0.2) is 0 Å². The summed E-state index contributed by atoms with van der Waals surface area (Å²) in [6.45, 7) is 5.81. The van der Waals surface area contributed by atoms with Gasteiger partial charge in [0.05, 0.1) is 18.0 Å². The summed E-state index contributed by atoms with van der Waals surface area (Å²) < 4.78 is 5.76. The first-order chi connectivity index (χ1) is 14.2. The van der Waals surface area contributed by atoms with Crippen molar-refractivity contribution in [2.45, 2.75) is 11.8 Å². The molecule has 0 aromatic heterocycles. The van der Waals surface area contributed by atoms with Crippen LogP contribution in [0.1, 0.15) is 6.92 Å². The van der Waals surface area contributed by atoms with Crippen molar-refractivity contribution in [1.29, 1.82) is 0 Å². The third-order valence-electron chi connectivity index (χ3n) is 5.22. The number of piperazine rings is 1. The Labute approximate surface area is 176 Å². The molecule has 0 spiro atoms. The Balaban J connectivity index is 1.32. The lowest BCUT2D eigenvalue weighted by Gasteiger charge is -2.36. The number of carbonyl (C=O) groups excluding carboxylic acids is 1. The number of rotatable bonds is 6. The Morgan fingerprint density at radius 1 is 0.931 bits per heavy atom. The monoisotopic (exact) mass is 406 g/mol. The predicted octanol–water partition coefficient (Wildman–Crippen LogP) is 4.68. The number of hydrogen-bond donors (Lipinski definition) is 0. The van der Waals surface area contributed by atoms with Crippen molar-refractivity contribution in [3.8, 4) is 5.75 Å². The number of nitrogens with zero attached hydrogens (tertiary/aromatic N) is 2. The molecular formula is C24H26N2O2S. The second-order valence-corrected chi connectivity index (χ2v) is 8.11. The van der Waals surface area contributed by atoms with Gasteiger partial charge in [0.25, 0.3) is 0 Å². The molecule has 1 aliphatic heterocycles.